The van der Waals surface area contributed by atoms with Crippen molar-refractivity contribution in [1.82, 2.24) is 0 Å². The molecule has 0 aliphatic heterocycles. The molecule has 0 saturated heterocycles. The van der Waals surface area contributed by atoms with Crippen molar-refractivity contribution < 1.29 is 9.50 Å². The Labute approximate surface area is 87.5 Å². The maximum absolute atomic E-state index is 13.5. The summed E-state index contributed by atoms with van der Waals surface area (Å²) in [5.41, 5.74) is 5.31. The van der Waals surface area contributed by atoms with Gasteiger partial charge in [0, 0.05) is 17.7 Å². The Morgan fingerprint density at radius 2 is 2.21 bits per heavy atom. The zero-order valence-corrected chi connectivity index (χ0v) is 8.68. The van der Waals surface area contributed by atoms with Gasteiger partial charge in [0.25, 0.3) is 0 Å². The quantitative estimate of drug-likeness (QED) is 0.814. The standard InChI is InChI=1S/C10H13ClFNO/c1-10(13,5-6-14)7-3-2-4-8(11)9(7)12/h2-4,14H,5-6,13H2,1H3/t10-/m1/s1. The van der Waals surface area contributed by atoms with Gasteiger partial charge in [-0.05, 0) is 19.4 Å². The van der Waals surface area contributed by atoms with Crippen LogP contribution in [0.4, 0.5) is 4.39 Å². The van der Waals surface area contributed by atoms with Gasteiger partial charge < -0.3 is 10.8 Å². The summed E-state index contributed by atoms with van der Waals surface area (Å²) in [6.07, 6.45) is 0.296. The molecule has 4 heteroatoms. The molecule has 0 spiro atoms. The largest absolute Gasteiger partial charge is 0.396 e. The molecule has 3 N–H and O–H groups in total. The zero-order valence-electron chi connectivity index (χ0n) is 7.93. The van der Waals surface area contributed by atoms with E-state index in [0.717, 1.165) is 0 Å². The summed E-state index contributed by atoms with van der Waals surface area (Å²) in [5.74, 6) is -0.507. The smallest absolute Gasteiger partial charge is 0.146 e. The number of rotatable bonds is 3. The van der Waals surface area contributed by atoms with Crippen molar-refractivity contribution in [3.8, 4) is 0 Å². The first-order chi connectivity index (χ1) is 6.49. The summed E-state index contributed by atoms with van der Waals surface area (Å²) in [7, 11) is 0. The number of nitrogens with two attached hydrogens (primary N) is 1. The second kappa shape index (κ2) is 4.26. The van der Waals surface area contributed by atoms with Crippen LogP contribution in [-0.4, -0.2) is 11.7 Å². The molecule has 0 radical (unpaired) electrons. The first kappa shape index (κ1) is 11.4. The van der Waals surface area contributed by atoms with Crippen LogP contribution >= 0.6 is 11.6 Å². The Morgan fingerprint density at radius 1 is 1.57 bits per heavy atom. The highest BCUT2D eigenvalue weighted by Crippen LogP contribution is 2.27. The van der Waals surface area contributed by atoms with Crippen LogP contribution in [0.3, 0.4) is 0 Å². The van der Waals surface area contributed by atoms with Gasteiger partial charge in [-0.15, -0.1) is 0 Å². The van der Waals surface area contributed by atoms with E-state index in [-0.39, 0.29) is 11.6 Å². The van der Waals surface area contributed by atoms with Gasteiger partial charge in [0.05, 0.1) is 5.02 Å². The lowest BCUT2D eigenvalue weighted by molar-refractivity contribution is 0.244. The van der Waals surface area contributed by atoms with Gasteiger partial charge in [-0.1, -0.05) is 23.7 Å². The summed E-state index contributed by atoms with van der Waals surface area (Å²) < 4.78 is 13.5. The molecular formula is C10H13ClFNO. The molecule has 0 fully saturated rings. The predicted molar refractivity (Wildman–Crippen MR) is 54.7 cm³/mol. The molecule has 1 aromatic carbocycles. The van der Waals surface area contributed by atoms with Crippen LogP contribution in [0.2, 0.25) is 5.02 Å². The van der Waals surface area contributed by atoms with Crippen LogP contribution in [0.15, 0.2) is 18.2 Å². The van der Waals surface area contributed by atoms with Gasteiger partial charge in [0.2, 0.25) is 0 Å². The lowest BCUT2D eigenvalue weighted by atomic mass is 9.90. The van der Waals surface area contributed by atoms with E-state index >= 15 is 0 Å². The fraction of sp³-hybridized carbons (Fsp3) is 0.400. The monoisotopic (exact) mass is 217 g/mol. The number of aliphatic hydroxyl groups is 1. The average Bonchev–Trinajstić information content (AvgIpc) is 2.09. The maximum atomic E-state index is 13.5. The normalized spacial score (nSPS) is 15.2. The predicted octanol–water partition coefficient (Wildman–Crippen LogP) is 2.04. The van der Waals surface area contributed by atoms with Crippen LogP contribution in [-0.2, 0) is 5.54 Å². The van der Waals surface area contributed by atoms with Crippen LogP contribution in [0, 0.1) is 5.82 Å². The number of halogens is 2. The van der Waals surface area contributed by atoms with Gasteiger partial charge in [-0.2, -0.15) is 0 Å². The Kier molecular flexibility index (Phi) is 3.48. The van der Waals surface area contributed by atoms with Crippen molar-refractivity contribution in [2.24, 2.45) is 5.73 Å². The molecule has 1 aromatic rings. The maximum Gasteiger partial charge on any atom is 0.146 e. The Hall–Kier alpha value is -0.640. The highest BCUT2D eigenvalue weighted by atomic mass is 35.5. The van der Waals surface area contributed by atoms with Gasteiger partial charge in [-0.25, -0.2) is 4.39 Å². The minimum Gasteiger partial charge on any atom is -0.396 e. The van der Waals surface area contributed by atoms with Crippen LogP contribution < -0.4 is 5.73 Å². The molecule has 0 unspecified atom stereocenters. The van der Waals surface area contributed by atoms with E-state index in [1.165, 1.54) is 6.07 Å². The Balaban J connectivity index is 3.12. The van der Waals surface area contributed by atoms with E-state index in [2.05, 4.69) is 0 Å². The molecular weight excluding hydrogens is 205 g/mol. The SMILES string of the molecule is C[C@@](N)(CCO)c1cccc(Cl)c1F. The number of aliphatic hydroxyl groups excluding tert-OH is 1. The average molecular weight is 218 g/mol. The molecule has 0 aliphatic rings. The molecule has 78 valence electrons. The highest BCUT2D eigenvalue weighted by molar-refractivity contribution is 6.30. The number of benzene rings is 1. The van der Waals surface area contributed by atoms with Crippen molar-refractivity contribution in [1.29, 1.82) is 0 Å². The molecule has 1 atom stereocenters. The lowest BCUT2D eigenvalue weighted by Crippen LogP contribution is -2.35. The van der Waals surface area contributed by atoms with E-state index in [9.17, 15) is 4.39 Å². The molecule has 0 bridgehead atoms. The molecule has 0 amide bonds. The van der Waals surface area contributed by atoms with Gasteiger partial charge >= 0.3 is 0 Å². The fourth-order valence-electron chi connectivity index (χ4n) is 1.31. The van der Waals surface area contributed by atoms with Crippen LogP contribution in [0.25, 0.3) is 0 Å². The molecule has 14 heavy (non-hydrogen) atoms. The lowest BCUT2D eigenvalue weighted by Gasteiger charge is -2.24. The minimum absolute atomic E-state index is 0.0529. The summed E-state index contributed by atoms with van der Waals surface area (Å²) in [4.78, 5) is 0. The van der Waals surface area contributed by atoms with Crippen molar-refractivity contribution in [2.45, 2.75) is 18.9 Å². The van der Waals surface area contributed by atoms with Gasteiger partial charge in [0.1, 0.15) is 5.82 Å². The van der Waals surface area contributed by atoms with E-state index in [4.69, 9.17) is 22.4 Å². The number of hydrogen-bond donors (Lipinski definition) is 2. The summed E-state index contributed by atoms with van der Waals surface area (Å²) >= 11 is 5.63. The van der Waals surface area contributed by atoms with Crippen molar-refractivity contribution >= 4 is 11.6 Å². The third kappa shape index (κ3) is 2.23. The topological polar surface area (TPSA) is 46.2 Å². The van der Waals surface area contributed by atoms with E-state index in [1.807, 2.05) is 0 Å². The Morgan fingerprint density at radius 3 is 2.79 bits per heavy atom. The van der Waals surface area contributed by atoms with Crippen LogP contribution in [0.1, 0.15) is 18.9 Å². The molecule has 1 rings (SSSR count). The van der Waals surface area contributed by atoms with Crippen molar-refractivity contribution in [2.75, 3.05) is 6.61 Å². The van der Waals surface area contributed by atoms with Gasteiger partial charge in [0.15, 0.2) is 0 Å². The van der Waals surface area contributed by atoms with Crippen molar-refractivity contribution in [3.05, 3.63) is 34.6 Å². The summed E-state index contributed by atoms with van der Waals surface area (Å²) in [6.45, 7) is 1.58. The summed E-state index contributed by atoms with van der Waals surface area (Å²) in [6, 6.07) is 4.69. The fourth-order valence-corrected chi connectivity index (χ4v) is 1.49. The first-order valence-corrected chi connectivity index (χ1v) is 4.71. The minimum atomic E-state index is -0.885. The highest BCUT2D eigenvalue weighted by Gasteiger charge is 2.24. The second-order valence-electron chi connectivity index (χ2n) is 3.49. The first-order valence-electron chi connectivity index (χ1n) is 4.33. The molecule has 0 aromatic heterocycles. The Bertz CT molecular complexity index is 328. The summed E-state index contributed by atoms with van der Waals surface area (Å²) in [5, 5.41) is 8.84. The second-order valence-corrected chi connectivity index (χ2v) is 3.90. The van der Waals surface area contributed by atoms with E-state index in [1.54, 1.807) is 19.1 Å². The van der Waals surface area contributed by atoms with Crippen molar-refractivity contribution in [3.63, 3.8) is 0 Å². The molecule has 0 heterocycles. The molecule has 2 nitrogen and oxygen atoms in total. The molecule has 0 saturated carbocycles. The van der Waals surface area contributed by atoms with Crippen LogP contribution in [0.5, 0.6) is 0 Å². The van der Waals surface area contributed by atoms with E-state index < -0.39 is 11.4 Å². The third-order valence-corrected chi connectivity index (χ3v) is 2.49. The zero-order chi connectivity index (χ0) is 10.8. The van der Waals surface area contributed by atoms with Gasteiger partial charge in [-0.3, -0.25) is 0 Å². The molecule has 0 aliphatic carbocycles. The van der Waals surface area contributed by atoms with E-state index in [0.29, 0.717) is 12.0 Å². The third-order valence-electron chi connectivity index (χ3n) is 2.20. The number of hydrogen-bond acceptors (Lipinski definition) is 2.